The van der Waals surface area contributed by atoms with Crippen LogP contribution in [-0.2, 0) is 4.74 Å². The number of esters is 1. The maximum atomic E-state index is 12.8. The predicted molar refractivity (Wildman–Crippen MR) is 58.3 cm³/mol. The third-order valence-electron chi connectivity index (χ3n) is 2.09. The van der Waals surface area contributed by atoms with Crippen LogP contribution in [0.3, 0.4) is 0 Å². The molecule has 0 saturated heterocycles. The van der Waals surface area contributed by atoms with E-state index < -0.39 is 18.1 Å². The van der Waals surface area contributed by atoms with E-state index in [4.69, 9.17) is 14.2 Å². The molecule has 1 aromatic rings. The van der Waals surface area contributed by atoms with Crippen molar-refractivity contribution >= 4 is 5.97 Å². The van der Waals surface area contributed by atoms with Crippen molar-refractivity contribution in [3.05, 3.63) is 17.3 Å². The average molecular weight is 261 g/mol. The van der Waals surface area contributed by atoms with Crippen molar-refractivity contribution in [3.8, 4) is 11.6 Å². The minimum absolute atomic E-state index is 0.103. The van der Waals surface area contributed by atoms with Crippen molar-refractivity contribution in [2.75, 3.05) is 20.8 Å². The van der Waals surface area contributed by atoms with E-state index in [2.05, 4.69) is 4.98 Å². The summed E-state index contributed by atoms with van der Waals surface area (Å²) in [6, 6.07) is 1.20. The Labute approximate surface area is 103 Å². The number of hydrogen-bond donors (Lipinski definition) is 0. The van der Waals surface area contributed by atoms with Gasteiger partial charge in [-0.05, 0) is 6.92 Å². The molecular weight excluding hydrogens is 248 g/mol. The van der Waals surface area contributed by atoms with Gasteiger partial charge in [0.2, 0.25) is 5.88 Å². The fraction of sp³-hybridized carbons (Fsp3) is 0.455. The van der Waals surface area contributed by atoms with Gasteiger partial charge in [-0.25, -0.2) is 18.6 Å². The highest BCUT2D eigenvalue weighted by Crippen LogP contribution is 2.33. The third-order valence-corrected chi connectivity index (χ3v) is 2.09. The van der Waals surface area contributed by atoms with Gasteiger partial charge in [-0.2, -0.15) is 0 Å². The molecule has 100 valence electrons. The van der Waals surface area contributed by atoms with Gasteiger partial charge in [0.25, 0.3) is 6.43 Å². The summed E-state index contributed by atoms with van der Waals surface area (Å²) in [5, 5.41) is 0. The van der Waals surface area contributed by atoms with Gasteiger partial charge in [0, 0.05) is 6.07 Å². The molecule has 1 aromatic heterocycles. The summed E-state index contributed by atoms with van der Waals surface area (Å²) >= 11 is 0. The van der Waals surface area contributed by atoms with Crippen molar-refractivity contribution in [2.45, 2.75) is 13.3 Å². The first-order valence-electron chi connectivity index (χ1n) is 5.13. The Morgan fingerprint density at radius 1 is 1.39 bits per heavy atom. The summed E-state index contributed by atoms with van der Waals surface area (Å²) in [5.41, 5.74) is -0.790. The van der Waals surface area contributed by atoms with Crippen molar-refractivity contribution in [1.82, 2.24) is 4.98 Å². The number of aromatic nitrogens is 1. The van der Waals surface area contributed by atoms with Gasteiger partial charge in [-0.3, -0.25) is 0 Å². The second-order valence-corrected chi connectivity index (χ2v) is 3.15. The van der Waals surface area contributed by atoms with Gasteiger partial charge in [0.05, 0.1) is 20.8 Å². The molecule has 0 amide bonds. The first kappa shape index (κ1) is 14.1. The fourth-order valence-corrected chi connectivity index (χ4v) is 1.36. The van der Waals surface area contributed by atoms with Crippen LogP contribution in [0.25, 0.3) is 0 Å². The normalized spacial score (nSPS) is 10.3. The molecule has 0 radical (unpaired) electrons. The van der Waals surface area contributed by atoms with Crippen LogP contribution in [0, 0.1) is 0 Å². The number of nitrogens with zero attached hydrogens (tertiary/aromatic N) is 1. The van der Waals surface area contributed by atoms with Crippen LogP contribution in [0.1, 0.15) is 29.4 Å². The Kier molecular flexibility index (Phi) is 4.82. The number of carbonyl (C=O) groups excluding carboxylic acids is 1. The number of methoxy groups -OCH3 is 2. The molecule has 0 aromatic carbocycles. The SMILES string of the molecule is CCOC(=O)c1cc(OC)nc(C(F)F)c1OC. The molecule has 1 rings (SSSR count). The summed E-state index contributed by atoms with van der Waals surface area (Å²) in [5.74, 6) is -1.17. The molecule has 0 saturated carbocycles. The Morgan fingerprint density at radius 2 is 2.06 bits per heavy atom. The van der Waals surface area contributed by atoms with Gasteiger partial charge in [0.15, 0.2) is 11.4 Å². The zero-order chi connectivity index (χ0) is 13.7. The molecule has 0 fully saturated rings. The Morgan fingerprint density at radius 3 is 2.50 bits per heavy atom. The van der Waals surface area contributed by atoms with E-state index >= 15 is 0 Å². The molecule has 0 aliphatic rings. The van der Waals surface area contributed by atoms with Gasteiger partial charge in [-0.15, -0.1) is 0 Å². The number of carbonyl (C=O) groups is 1. The van der Waals surface area contributed by atoms with Crippen molar-refractivity contribution < 1.29 is 27.8 Å². The molecular formula is C11H13F2NO4. The molecule has 0 aliphatic heterocycles. The monoisotopic (exact) mass is 261 g/mol. The zero-order valence-electron chi connectivity index (χ0n) is 10.2. The van der Waals surface area contributed by atoms with Crippen LogP contribution in [-0.4, -0.2) is 31.8 Å². The minimum Gasteiger partial charge on any atom is -0.494 e. The number of rotatable bonds is 5. The Bertz CT molecular complexity index is 437. The number of pyridine rings is 1. The third kappa shape index (κ3) is 2.85. The first-order valence-corrected chi connectivity index (χ1v) is 5.13. The second kappa shape index (κ2) is 6.13. The molecule has 1 heterocycles. The molecule has 7 heteroatoms. The maximum Gasteiger partial charge on any atom is 0.342 e. The number of halogens is 2. The van der Waals surface area contributed by atoms with E-state index in [0.29, 0.717) is 0 Å². The van der Waals surface area contributed by atoms with Gasteiger partial charge in [-0.1, -0.05) is 0 Å². The maximum absolute atomic E-state index is 12.8. The fourth-order valence-electron chi connectivity index (χ4n) is 1.36. The van der Waals surface area contributed by atoms with Crippen molar-refractivity contribution in [3.63, 3.8) is 0 Å². The van der Waals surface area contributed by atoms with E-state index in [0.717, 1.165) is 0 Å². The van der Waals surface area contributed by atoms with E-state index in [1.165, 1.54) is 20.3 Å². The van der Waals surface area contributed by atoms with E-state index in [-0.39, 0.29) is 23.8 Å². The largest absolute Gasteiger partial charge is 0.494 e. The minimum atomic E-state index is -2.89. The van der Waals surface area contributed by atoms with Crippen molar-refractivity contribution in [1.29, 1.82) is 0 Å². The average Bonchev–Trinajstić information content (AvgIpc) is 2.37. The van der Waals surface area contributed by atoms with E-state index in [1.807, 2.05) is 0 Å². The van der Waals surface area contributed by atoms with Crippen molar-refractivity contribution in [2.24, 2.45) is 0 Å². The second-order valence-electron chi connectivity index (χ2n) is 3.15. The lowest BCUT2D eigenvalue weighted by atomic mass is 10.2. The lowest BCUT2D eigenvalue weighted by Gasteiger charge is -2.13. The van der Waals surface area contributed by atoms with E-state index in [1.54, 1.807) is 6.92 Å². The van der Waals surface area contributed by atoms with Crippen LogP contribution in [0.2, 0.25) is 0 Å². The highest BCUT2D eigenvalue weighted by molar-refractivity contribution is 5.93. The quantitative estimate of drug-likeness (QED) is 0.760. The molecule has 0 N–H and O–H groups in total. The summed E-state index contributed by atoms with van der Waals surface area (Å²) < 4.78 is 39.9. The van der Waals surface area contributed by atoms with Crippen LogP contribution in [0.4, 0.5) is 8.78 Å². The molecule has 0 aliphatic carbocycles. The standard InChI is InChI=1S/C11H13F2NO4/c1-4-18-11(15)6-5-7(16-2)14-8(10(12)13)9(6)17-3/h5,10H,4H2,1-3H3. The molecule has 0 atom stereocenters. The van der Waals surface area contributed by atoms with Crippen LogP contribution >= 0.6 is 0 Å². The van der Waals surface area contributed by atoms with Gasteiger partial charge < -0.3 is 14.2 Å². The topological polar surface area (TPSA) is 57.7 Å². The number of alkyl halides is 2. The predicted octanol–water partition coefficient (Wildman–Crippen LogP) is 2.21. The molecule has 18 heavy (non-hydrogen) atoms. The summed E-state index contributed by atoms with van der Waals surface area (Å²) in [7, 11) is 2.44. The Hall–Kier alpha value is -1.92. The summed E-state index contributed by atoms with van der Waals surface area (Å²) in [6.45, 7) is 1.73. The van der Waals surface area contributed by atoms with E-state index in [9.17, 15) is 13.6 Å². The summed E-state index contributed by atoms with van der Waals surface area (Å²) in [4.78, 5) is 15.2. The summed E-state index contributed by atoms with van der Waals surface area (Å²) in [6.07, 6.45) is -2.89. The highest BCUT2D eigenvalue weighted by Gasteiger charge is 2.25. The van der Waals surface area contributed by atoms with Gasteiger partial charge >= 0.3 is 5.97 Å². The Balaban J connectivity index is 3.37. The van der Waals surface area contributed by atoms with Crippen LogP contribution in [0.15, 0.2) is 6.07 Å². The van der Waals surface area contributed by atoms with Crippen LogP contribution < -0.4 is 9.47 Å². The zero-order valence-corrected chi connectivity index (χ0v) is 10.2. The van der Waals surface area contributed by atoms with Crippen LogP contribution in [0.5, 0.6) is 11.6 Å². The van der Waals surface area contributed by atoms with Gasteiger partial charge in [0.1, 0.15) is 5.56 Å². The molecule has 5 nitrogen and oxygen atoms in total. The number of ether oxygens (including phenoxy) is 3. The lowest BCUT2D eigenvalue weighted by molar-refractivity contribution is 0.0520. The molecule has 0 unspecified atom stereocenters. The highest BCUT2D eigenvalue weighted by atomic mass is 19.3. The molecule has 0 bridgehead atoms. The molecule has 0 spiro atoms. The number of hydrogen-bond acceptors (Lipinski definition) is 5. The lowest BCUT2D eigenvalue weighted by Crippen LogP contribution is -2.10. The smallest absolute Gasteiger partial charge is 0.342 e. The first-order chi connectivity index (χ1) is 8.54.